The molecule has 1 amide bonds. The fourth-order valence-electron chi connectivity index (χ4n) is 2.98. The SMILES string of the molecule is CCCCC1CCC(C(=O)Nc2ccc(C)cn2)CC1. The molecule has 1 aromatic rings. The number of nitrogens with one attached hydrogen (secondary N) is 1. The fraction of sp³-hybridized carbons (Fsp3) is 0.647. The van der Waals surface area contributed by atoms with Gasteiger partial charge in [0.15, 0.2) is 0 Å². The molecule has 0 aromatic carbocycles. The Morgan fingerprint density at radius 2 is 2.05 bits per heavy atom. The molecule has 3 nitrogen and oxygen atoms in total. The highest BCUT2D eigenvalue weighted by molar-refractivity contribution is 5.91. The van der Waals surface area contributed by atoms with Crippen molar-refractivity contribution < 1.29 is 4.79 Å². The first-order valence-corrected chi connectivity index (χ1v) is 7.92. The van der Waals surface area contributed by atoms with Crippen LogP contribution in [0.4, 0.5) is 5.82 Å². The molecule has 1 saturated carbocycles. The zero-order chi connectivity index (χ0) is 14.4. The van der Waals surface area contributed by atoms with Crippen LogP contribution in [-0.4, -0.2) is 10.9 Å². The number of hydrogen-bond donors (Lipinski definition) is 1. The summed E-state index contributed by atoms with van der Waals surface area (Å²) in [5, 5.41) is 2.95. The third-order valence-corrected chi connectivity index (χ3v) is 4.35. The first-order valence-electron chi connectivity index (χ1n) is 7.92. The van der Waals surface area contributed by atoms with Crippen LogP contribution < -0.4 is 5.32 Å². The molecule has 1 N–H and O–H groups in total. The van der Waals surface area contributed by atoms with Crippen molar-refractivity contribution in [3.8, 4) is 0 Å². The maximum atomic E-state index is 12.2. The van der Waals surface area contributed by atoms with E-state index in [0.29, 0.717) is 5.82 Å². The quantitative estimate of drug-likeness (QED) is 0.868. The Morgan fingerprint density at radius 3 is 2.65 bits per heavy atom. The average Bonchev–Trinajstić information content (AvgIpc) is 2.48. The maximum Gasteiger partial charge on any atom is 0.228 e. The smallest absolute Gasteiger partial charge is 0.228 e. The zero-order valence-corrected chi connectivity index (χ0v) is 12.7. The van der Waals surface area contributed by atoms with Gasteiger partial charge in [0.05, 0.1) is 0 Å². The summed E-state index contributed by atoms with van der Waals surface area (Å²) in [6.45, 7) is 4.24. The number of carbonyl (C=O) groups is 1. The molecule has 3 heteroatoms. The highest BCUT2D eigenvalue weighted by atomic mass is 16.1. The van der Waals surface area contributed by atoms with Crippen molar-refractivity contribution in [3.05, 3.63) is 23.9 Å². The summed E-state index contributed by atoms with van der Waals surface area (Å²) in [4.78, 5) is 16.5. The molecule has 0 bridgehead atoms. The Hall–Kier alpha value is -1.38. The van der Waals surface area contributed by atoms with E-state index >= 15 is 0 Å². The van der Waals surface area contributed by atoms with Gasteiger partial charge in [-0.3, -0.25) is 4.79 Å². The lowest BCUT2D eigenvalue weighted by Crippen LogP contribution is -2.27. The molecule has 1 aromatic heterocycles. The van der Waals surface area contributed by atoms with Gasteiger partial charge in [-0.2, -0.15) is 0 Å². The van der Waals surface area contributed by atoms with Crippen LogP contribution in [-0.2, 0) is 4.79 Å². The summed E-state index contributed by atoms with van der Waals surface area (Å²) in [6.07, 6.45) is 10.2. The lowest BCUT2D eigenvalue weighted by atomic mass is 9.79. The molecule has 1 aliphatic rings. The predicted molar refractivity (Wildman–Crippen MR) is 82.6 cm³/mol. The van der Waals surface area contributed by atoms with Crippen molar-refractivity contribution in [1.82, 2.24) is 4.98 Å². The van der Waals surface area contributed by atoms with Crippen molar-refractivity contribution in [2.75, 3.05) is 5.32 Å². The summed E-state index contributed by atoms with van der Waals surface area (Å²) in [5.74, 6) is 1.84. The van der Waals surface area contributed by atoms with Gasteiger partial charge >= 0.3 is 0 Å². The van der Waals surface area contributed by atoms with E-state index in [4.69, 9.17) is 0 Å². The Morgan fingerprint density at radius 1 is 1.30 bits per heavy atom. The number of carbonyl (C=O) groups excluding carboxylic acids is 1. The number of aromatic nitrogens is 1. The second-order valence-electron chi connectivity index (χ2n) is 6.07. The molecule has 1 aliphatic carbocycles. The molecule has 0 atom stereocenters. The van der Waals surface area contributed by atoms with Gasteiger partial charge in [-0.25, -0.2) is 4.98 Å². The van der Waals surface area contributed by atoms with E-state index in [1.54, 1.807) is 6.20 Å². The summed E-state index contributed by atoms with van der Waals surface area (Å²) in [5.41, 5.74) is 1.11. The average molecular weight is 274 g/mol. The predicted octanol–water partition coefficient (Wildman–Crippen LogP) is 4.33. The van der Waals surface area contributed by atoms with Crippen molar-refractivity contribution in [2.45, 2.75) is 58.8 Å². The Labute approximate surface area is 122 Å². The van der Waals surface area contributed by atoms with Crippen molar-refractivity contribution >= 4 is 11.7 Å². The molecule has 1 fully saturated rings. The van der Waals surface area contributed by atoms with Gasteiger partial charge in [0.2, 0.25) is 5.91 Å². The molecule has 2 rings (SSSR count). The third-order valence-electron chi connectivity index (χ3n) is 4.35. The number of hydrogen-bond acceptors (Lipinski definition) is 2. The zero-order valence-electron chi connectivity index (χ0n) is 12.7. The van der Waals surface area contributed by atoms with Crippen LogP contribution in [0, 0.1) is 18.8 Å². The number of rotatable bonds is 5. The monoisotopic (exact) mass is 274 g/mol. The van der Waals surface area contributed by atoms with Crippen LogP contribution in [0.5, 0.6) is 0 Å². The molecule has 0 saturated heterocycles. The molecule has 1 heterocycles. The van der Waals surface area contributed by atoms with E-state index in [-0.39, 0.29) is 11.8 Å². The van der Waals surface area contributed by atoms with Crippen LogP contribution >= 0.6 is 0 Å². The Balaban J connectivity index is 1.78. The number of anilines is 1. The second-order valence-corrected chi connectivity index (χ2v) is 6.07. The number of nitrogens with zero attached hydrogens (tertiary/aromatic N) is 1. The van der Waals surface area contributed by atoms with Gasteiger partial charge < -0.3 is 5.32 Å². The fourth-order valence-corrected chi connectivity index (χ4v) is 2.98. The molecule has 0 unspecified atom stereocenters. The summed E-state index contributed by atoms with van der Waals surface area (Å²) >= 11 is 0. The van der Waals surface area contributed by atoms with Crippen molar-refractivity contribution in [1.29, 1.82) is 0 Å². The van der Waals surface area contributed by atoms with Gasteiger partial charge in [-0.15, -0.1) is 0 Å². The molecule has 110 valence electrons. The van der Waals surface area contributed by atoms with Gasteiger partial charge in [0.1, 0.15) is 5.82 Å². The molecule has 0 aliphatic heterocycles. The standard InChI is InChI=1S/C17H26N2O/c1-3-4-5-14-7-9-15(10-8-14)17(20)19-16-11-6-13(2)12-18-16/h6,11-12,14-15H,3-5,7-10H2,1-2H3,(H,18,19,20). The minimum Gasteiger partial charge on any atom is -0.310 e. The Kier molecular flexibility index (Phi) is 5.57. The molecular weight excluding hydrogens is 248 g/mol. The number of amides is 1. The summed E-state index contributed by atoms with van der Waals surface area (Å²) < 4.78 is 0. The van der Waals surface area contributed by atoms with Crippen molar-refractivity contribution in [2.24, 2.45) is 11.8 Å². The summed E-state index contributed by atoms with van der Waals surface area (Å²) in [6, 6.07) is 3.85. The highest BCUT2D eigenvalue weighted by Crippen LogP contribution is 2.32. The number of unbranched alkanes of at least 4 members (excludes halogenated alkanes) is 1. The first kappa shape index (κ1) is 15.0. The second kappa shape index (κ2) is 7.41. The van der Waals surface area contributed by atoms with E-state index in [2.05, 4.69) is 17.2 Å². The maximum absolute atomic E-state index is 12.2. The van der Waals surface area contributed by atoms with Gasteiger partial charge in [0, 0.05) is 12.1 Å². The van der Waals surface area contributed by atoms with Crippen LogP contribution in [0.15, 0.2) is 18.3 Å². The highest BCUT2D eigenvalue weighted by Gasteiger charge is 2.26. The lowest BCUT2D eigenvalue weighted by molar-refractivity contribution is -0.121. The van der Waals surface area contributed by atoms with E-state index in [1.165, 1.54) is 32.1 Å². The summed E-state index contributed by atoms with van der Waals surface area (Å²) in [7, 11) is 0. The Bertz CT molecular complexity index is 419. The largest absolute Gasteiger partial charge is 0.310 e. The molecule has 0 spiro atoms. The van der Waals surface area contributed by atoms with E-state index in [1.807, 2.05) is 19.1 Å². The van der Waals surface area contributed by atoms with Gasteiger partial charge in [-0.1, -0.05) is 32.3 Å². The number of pyridine rings is 1. The van der Waals surface area contributed by atoms with Crippen LogP contribution in [0.25, 0.3) is 0 Å². The molecule has 0 radical (unpaired) electrons. The number of aryl methyl sites for hydroxylation is 1. The minimum absolute atomic E-state index is 0.148. The van der Waals surface area contributed by atoms with E-state index in [0.717, 1.165) is 24.3 Å². The van der Waals surface area contributed by atoms with Crippen LogP contribution in [0.2, 0.25) is 0 Å². The van der Waals surface area contributed by atoms with E-state index in [9.17, 15) is 4.79 Å². The normalized spacial score (nSPS) is 22.5. The molecular formula is C17H26N2O. The van der Waals surface area contributed by atoms with Gasteiger partial charge in [-0.05, 0) is 50.2 Å². The topological polar surface area (TPSA) is 42.0 Å². The lowest BCUT2D eigenvalue weighted by Gasteiger charge is -2.27. The van der Waals surface area contributed by atoms with E-state index < -0.39 is 0 Å². The van der Waals surface area contributed by atoms with Crippen LogP contribution in [0.1, 0.15) is 57.4 Å². The third kappa shape index (κ3) is 4.32. The van der Waals surface area contributed by atoms with Crippen molar-refractivity contribution in [3.63, 3.8) is 0 Å². The van der Waals surface area contributed by atoms with Crippen LogP contribution in [0.3, 0.4) is 0 Å². The first-order chi connectivity index (χ1) is 9.69. The van der Waals surface area contributed by atoms with Gasteiger partial charge in [0.25, 0.3) is 0 Å². The molecule has 20 heavy (non-hydrogen) atoms. The minimum atomic E-state index is 0.148.